The Morgan fingerprint density at radius 1 is 1.47 bits per heavy atom. The van der Waals surface area contributed by atoms with Crippen molar-refractivity contribution in [3.05, 3.63) is 42.2 Å². The molecule has 1 heterocycles. The molecule has 19 heavy (non-hydrogen) atoms. The molecule has 2 aromatic rings. The number of carbonyl (C=O) groups is 1. The number of rotatable bonds is 4. The largest absolute Gasteiger partial charge is 0.465 e. The van der Waals surface area contributed by atoms with Crippen LogP contribution in [0.3, 0.4) is 0 Å². The van der Waals surface area contributed by atoms with Gasteiger partial charge in [0.05, 0.1) is 12.7 Å². The van der Waals surface area contributed by atoms with E-state index in [1.54, 1.807) is 13.0 Å². The van der Waals surface area contributed by atoms with Crippen LogP contribution in [0.5, 0.6) is 0 Å². The van der Waals surface area contributed by atoms with Crippen molar-refractivity contribution in [3.8, 4) is 17.3 Å². The van der Waals surface area contributed by atoms with E-state index in [2.05, 4.69) is 5.16 Å². The average molecular weight is 256 g/mol. The van der Waals surface area contributed by atoms with Crippen LogP contribution in [0.4, 0.5) is 0 Å². The van der Waals surface area contributed by atoms with Crippen molar-refractivity contribution in [3.63, 3.8) is 0 Å². The molecule has 1 atom stereocenters. The van der Waals surface area contributed by atoms with Crippen molar-refractivity contribution in [2.24, 2.45) is 0 Å². The molecule has 0 saturated carbocycles. The van der Waals surface area contributed by atoms with E-state index in [-0.39, 0.29) is 12.4 Å². The van der Waals surface area contributed by atoms with Crippen molar-refractivity contribution in [1.29, 1.82) is 5.26 Å². The van der Waals surface area contributed by atoms with Crippen molar-refractivity contribution in [2.75, 3.05) is 6.61 Å². The first-order valence-electron chi connectivity index (χ1n) is 5.84. The van der Waals surface area contributed by atoms with Crippen LogP contribution in [-0.2, 0) is 9.53 Å². The minimum Gasteiger partial charge on any atom is -0.465 e. The Labute approximate surface area is 110 Å². The number of carbonyl (C=O) groups excluding carboxylic acids is 1. The molecule has 0 saturated heterocycles. The van der Waals surface area contributed by atoms with Crippen LogP contribution in [-0.4, -0.2) is 17.7 Å². The fourth-order valence-electron chi connectivity index (χ4n) is 1.63. The number of nitrogens with zero attached hydrogens (tertiary/aromatic N) is 2. The molecule has 0 radical (unpaired) electrons. The summed E-state index contributed by atoms with van der Waals surface area (Å²) in [7, 11) is 0. The Morgan fingerprint density at radius 2 is 2.21 bits per heavy atom. The molecule has 0 aliphatic carbocycles. The van der Waals surface area contributed by atoms with Crippen molar-refractivity contribution < 1.29 is 14.1 Å². The van der Waals surface area contributed by atoms with Crippen LogP contribution in [0.15, 0.2) is 40.9 Å². The predicted octanol–water partition coefficient (Wildman–Crippen LogP) is 2.51. The van der Waals surface area contributed by atoms with Gasteiger partial charge in [0.15, 0.2) is 5.76 Å². The number of benzene rings is 1. The lowest BCUT2D eigenvalue weighted by Gasteiger charge is -2.03. The first-order valence-corrected chi connectivity index (χ1v) is 5.84. The molecule has 2 rings (SSSR count). The molecule has 0 fully saturated rings. The van der Waals surface area contributed by atoms with Crippen LogP contribution in [0.2, 0.25) is 0 Å². The van der Waals surface area contributed by atoms with Crippen molar-refractivity contribution >= 4 is 5.97 Å². The van der Waals surface area contributed by atoms with Crippen LogP contribution in [0.25, 0.3) is 11.3 Å². The van der Waals surface area contributed by atoms with E-state index in [1.807, 2.05) is 36.4 Å². The maximum Gasteiger partial charge on any atom is 0.331 e. The first-order chi connectivity index (χ1) is 9.26. The Kier molecular flexibility index (Phi) is 3.94. The van der Waals surface area contributed by atoms with Gasteiger partial charge in [-0.2, -0.15) is 5.26 Å². The Hall–Kier alpha value is -2.61. The van der Waals surface area contributed by atoms with Gasteiger partial charge in [-0.1, -0.05) is 35.5 Å². The third-order valence-electron chi connectivity index (χ3n) is 2.53. The van der Waals surface area contributed by atoms with E-state index in [9.17, 15) is 4.79 Å². The Balaban J connectivity index is 2.26. The fourth-order valence-corrected chi connectivity index (χ4v) is 1.63. The summed E-state index contributed by atoms with van der Waals surface area (Å²) >= 11 is 0. The van der Waals surface area contributed by atoms with Gasteiger partial charge < -0.3 is 9.26 Å². The van der Waals surface area contributed by atoms with Gasteiger partial charge in [0.2, 0.25) is 5.92 Å². The van der Waals surface area contributed by atoms with Gasteiger partial charge in [-0.25, -0.2) is 0 Å². The van der Waals surface area contributed by atoms with Gasteiger partial charge in [-0.05, 0) is 6.92 Å². The number of nitriles is 1. The van der Waals surface area contributed by atoms with Gasteiger partial charge in [0.25, 0.3) is 0 Å². The maximum absolute atomic E-state index is 11.6. The normalized spacial score (nSPS) is 11.6. The summed E-state index contributed by atoms with van der Waals surface area (Å²) in [5.41, 5.74) is 1.44. The van der Waals surface area contributed by atoms with E-state index in [0.717, 1.165) is 5.56 Å². The van der Waals surface area contributed by atoms with Crippen LogP contribution in [0.1, 0.15) is 18.6 Å². The summed E-state index contributed by atoms with van der Waals surface area (Å²) in [5.74, 6) is -1.51. The zero-order valence-corrected chi connectivity index (χ0v) is 10.4. The molecule has 0 aliphatic heterocycles. The number of hydrogen-bond donors (Lipinski definition) is 0. The quantitative estimate of drug-likeness (QED) is 0.785. The van der Waals surface area contributed by atoms with Gasteiger partial charge in [-0.3, -0.25) is 4.79 Å². The topological polar surface area (TPSA) is 76.1 Å². The summed E-state index contributed by atoms with van der Waals surface area (Å²) < 4.78 is 9.88. The van der Waals surface area contributed by atoms with Gasteiger partial charge in [0, 0.05) is 11.6 Å². The predicted molar refractivity (Wildman–Crippen MR) is 66.9 cm³/mol. The summed E-state index contributed by atoms with van der Waals surface area (Å²) in [6, 6.07) is 12.8. The molecule has 0 amide bonds. The molecule has 5 heteroatoms. The fraction of sp³-hybridized carbons (Fsp3) is 0.214. The highest BCUT2D eigenvalue weighted by Gasteiger charge is 2.26. The molecule has 1 aromatic heterocycles. The third kappa shape index (κ3) is 2.80. The minimum absolute atomic E-state index is 0.194. The van der Waals surface area contributed by atoms with Gasteiger partial charge >= 0.3 is 5.97 Å². The van der Waals surface area contributed by atoms with E-state index < -0.39 is 11.9 Å². The number of esters is 1. The van der Waals surface area contributed by atoms with E-state index >= 15 is 0 Å². The van der Waals surface area contributed by atoms with Gasteiger partial charge in [-0.15, -0.1) is 0 Å². The summed E-state index contributed by atoms with van der Waals surface area (Å²) in [5, 5.41) is 12.9. The molecule has 0 N–H and O–H groups in total. The second-order valence-corrected chi connectivity index (χ2v) is 3.79. The minimum atomic E-state index is -1.08. The van der Waals surface area contributed by atoms with E-state index in [1.165, 1.54) is 0 Å². The van der Waals surface area contributed by atoms with Crippen molar-refractivity contribution in [2.45, 2.75) is 12.8 Å². The number of hydrogen-bond acceptors (Lipinski definition) is 5. The summed E-state index contributed by atoms with van der Waals surface area (Å²) in [6.07, 6.45) is 0. The highest BCUT2D eigenvalue weighted by Crippen LogP contribution is 2.24. The molecule has 1 unspecified atom stereocenters. The molecule has 1 aromatic carbocycles. The smallest absolute Gasteiger partial charge is 0.331 e. The first kappa shape index (κ1) is 12.8. The summed E-state index contributed by atoms with van der Waals surface area (Å²) in [4.78, 5) is 11.6. The highest BCUT2D eigenvalue weighted by atomic mass is 16.5. The monoisotopic (exact) mass is 256 g/mol. The van der Waals surface area contributed by atoms with Crippen LogP contribution in [0, 0.1) is 11.3 Å². The average Bonchev–Trinajstić information content (AvgIpc) is 2.90. The number of ether oxygens (including phenoxy) is 1. The molecule has 0 spiro atoms. The lowest BCUT2D eigenvalue weighted by atomic mass is 10.1. The SMILES string of the molecule is CCOC(=O)C(C#N)c1cc(-c2ccccc2)no1. The maximum atomic E-state index is 11.6. The molecule has 5 nitrogen and oxygen atoms in total. The molecular formula is C14H12N2O3. The lowest BCUT2D eigenvalue weighted by Crippen LogP contribution is -2.13. The molecule has 96 valence electrons. The summed E-state index contributed by atoms with van der Waals surface area (Å²) in [6.45, 7) is 1.90. The molecule has 0 bridgehead atoms. The van der Waals surface area contributed by atoms with Crippen molar-refractivity contribution in [1.82, 2.24) is 5.16 Å². The second-order valence-electron chi connectivity index (χ2n) is 3.79. The second kappa shape index (κ2) is 5.83. The lowest BCUT2D eigenvalue weighted by molar-refractivity contribution is -0.143. The van der Waals surface area contributed by atoms with E-state index in [4.69, 9.17) is 14.5 Å². The van der Waals surface area contributed by atoms with E-state index in [0.29, 0.717) is 5.69 Å². The zero-order chi connectivity index (χ0) is 13.7. The van der Waals surface area contributed by atoms with Gasteiger partial charge in [0.1, 0.15) is 5.69 Å². The number of aromatic nitrogens is 1. The molecular weight excluding hydrogens is 244 g/mol. The Morgan fingerprint density at radius 3 is 2.84 bits per heavy atom. The van der Waals surface area contributed by atoms with Crippen LogP contribution < -0.4 is 0 Å². The zero-order valence-electron chi connectivity index (χ0n) is 10.4. The van der Waals surface area contributed by atoms with Crippen LogP contribution >= 0.6 is 0 Å². The molecule has 0 aliphatic rings. The standard InChI is InChI=1S/C14H12N2O3/c1-2-18-14(17)11(9-15)13-8-12(16-19-13)10-6-4-3-5-7-10/h3-8,11H,2H2,1H3. The third-order valence-corrected chi connectivity index (χ3v) is 2.53. The Bertz CT molecular complexity index is 599. The highest BCUT2D eigenvalue weighted by molar-refractivity contribution is 5.80.